The first kappa shape index (κ1) is 32.1. The predicted molar refractivity (Wildman–Crippen MR) is 159 cm³/mol. The first-order valence-corrected chi connectivity index (χ1v) is 14.5. The second-order valence-corrected chi connectivity index (χ2v) is 11.0. The Hall–Kier alpha value is -4.28. The standard InChI is InChI=1S/C35H34F4O6/c1-42-34-16-22(7-11-32(34)44-18-30(40)24-5-9-26(36)28(38)14-24)20-3-4-21(13-20)23-8-12-33(35(17-23)43-2)45-19-31(41)25-6-10-27(37)29(39)15-25/h5-12,14-17,20-21,30-31,40-41H,3-4,13,18-19H2,1-2H3/t20-,21+,30?,31?. The topological polar surface area (TPSA) is 77.4 Å². The smallest absolute Gasteiger partial charge is 0.161 e. The Kier molecular flexibility index (Phi) is 10.1. The number of aliphatic hydroxyl groups is 2. The minimum absolute atomic E-state index is 0.169. The molecule has 0 saturated heterocycles. The molecule has 45 heavy (non-hydrogen) atoms. The van der Waals surface area contributed by atoms with Gasteiger partial charge in [0.25, 0.3) is 0 Å². The van der Waals surface area contributed by atoms with Crippen LogP contribution in [0.5, 0.6) is 23.0 Å². The number of hydrogen-bond donors (Lipinski definition) is 2. The van der Waals surface area contributed by atoms with Crippen LogP contribution >= 0.6 is 0 Å². The summed E-state index contributed by atoms with van der Waals surface area (Å²) in [7, 11) is 3.06. The lowest BCUT2D eigenvalue weighted by molar-refractivity contribution is 0.106. The molecule has 0 radical (unpaired) electrons. The highest BCUT2D eigenvalue weighted by Gasteiger charge is 2.29. The van der Waals surface area contributed by atoms with Crippen LogP contribution < -0.4 is 18.9 Å². The summed E-state index contributed by atoms with van der Waals surface area (Å²) in [5, 5.41) is 20.8. The van der Waals surface area contributed by atoms with Crippen LogP contribution in [-0.4, -0.2) is 37.6 Å². The van der Waals surface area contributed by atoms with Crippen molar-refractivity contribution < 1.29 is 46.7 Å². The highest BCUT2D eigenvalue weighted by atomic mass is 19.2. The van der Waals surface area contributed by atoms with Crippen molar-refractivity contribution in [2.75, 3.05) is 27.4 Å². The van der Waals surface area contributed by atoms with E-state index in [9.17, 15) is 27.8 Å². The monoisotopic (exact) mass is 626 g/mol. The zero-order valence-corrected chi connectivity index (χ0v) is 24.8. The summed E-state index contributed by atoms with van der Waals surface area (Å²) < 4.78 is 76.2. The lowest BCUT2D eigenvalue weighted by Gasteiger charge is -2.18. The van der Waals surface area contributed by atoms with Crippen LogP contribution in [0.3, 0.4) is 0 Å². The summed E-state index contributed by atoms with van der Waals surface area (Å²) in [5.41, 5.74) is 2.58. The molecule has 10 heteroatoms. The van der Waals surface area contributed by atoms with E-state index in [0.717, 1.165) is 54.7 Å². The molecular formula is C35H34F4O6. The molecule has 4 aromatic rings. The lowest BCUT2D eigenvalue weighted by atomic mass is 9.92. The van der Waals surface area contributed by atoms with Crippen molar-refractivity contribution in [3.8, 4) is 23.0 Å². The summed E-state index contributed by atoms with van der Waals surface area (Å²) in [4.78, 5) is 0. The van der Waals surface area contributed by atoms with Gasteiger partial charge >= 0.3 is 0 Å². The second-order valence-electron chi connectivity index (χ2n) is 11.0. The van der Waals surface area contributed by atoms with Crippen molar-refractivity contribution in [3.05, 3.63) is 118 Å². The molecule has 0 aliphatic heterocycles. The van der Waals surface area contributed by atoms with Crippen LogP contribution in [0.1, 0.15) is 65.6 Å². The van der Waals surface area contributed by atoms with Gasteiger partial charge in [0.1, 0.15) is 25.4 Å². The van der Waals surface area contributed by atoms with Crippen LogP contribution in [-0.2, 0) is 0 Å². The fourth-order valence-corrected chi connectivity index (χ4v) is 5.67. The summed E-state index contributed by atoms with van der Waals surface area (Å²) in [6, 6.07) is 17.8. The van der Waals surface area contributed by atoms with Crippen LogP contribution in [0, 0.1) is 23.3 Å². The molecule has 1 aliphatic rings. The van der Waals surface area contributed by atoms with E-state index < -0.39 is 35.5 Å². The van der Waals surface area contributed by atoms with Gasteiger partial charge in [0, 0.05) is 0 Å². The highest BCUT2D eigenvalue weighted by Crippen LogP contribution is 2.46. The first-order valence-electron chi connectivity index (χ1n) is 14.5. The number of hydrogen-bond acceptors (Lipinski definition) is 6. The SMILES string of the molecule is COc1cc([C@@H]2CC[C@H](c3ccc(OCC(O)c4ccc(F)c(F)c4)c(OC)c3)C2)ccc1OCC(O)c1ccc(F)c(F)c1. The minimum atomic E-state index is -1.15. The molecule has 0 aromatic heterocycles. The number of methoxy groups -OCH3 is 2. The summed E-state index contributed by atoms with van der Waals surface area (Å²) in [6.07, 6.45) is 0.473. The molecule has 1 fully saturated rings. The zero-order valence-electron chi connectivity index (χ0n) is 24.8. The summed E-state index contributed by atoms with van der Waals surface area (Å²) in [6.45, 7) is -0.338. The third-order valence-corrected chi connectivity index (χ3v) is 8.20. The number of rotatable bonds is 12. The van der Waals surface area contributed by atoms with Crippen molar-refractivity contribution in [2.24, 2.45) is 0 Å². The van der Waals surface area contributed by atoms with Crippen molar-refractivity contribution >= 4 is 0 Å². The van der Waals surface area contributed by atoms with Gasteiger partial charge in [0.15, 0.2) is 46.3 Å². The first-order chi connectivity index (χ1) is 21.7. The van der Waals surface area contributed by atoms with E-state index in [1.165, 1.54) is 26.4 Å². The molecule has 0 bridgehead atoms. The van der Waals surface area contributed by atoms with Gasteiger partial charge in [-0.1, -0.05) is 24.3 Å². The number of ether oxygens (including phenoxy) is 4. The van der Waals surface area contributed by atoms with E-state index >= 15 is 0 Å². The van der Waals surface area contributed by atoms with Crippen molar-refractivity contribution in [1.29, 1.82) is 0 Å². The third kappa shape index (κ3) is 7.51. The van der Waals surface area contributed by atoms with Crippen LogP contribution in [0.4, 0.5) is 17.6 Å². The molecule has 0 amide bonds. The Morgan fingerprint density at radius 3 is 1.38 bits per heavy atom. The lowest BCUT2D eigenvalue weighted by Crippen LogP contribution is -2.11. The van der Waals surface area contributed by atoms with Gasteiger partial charge in [-0.25, -0.2) is 17.6 Å². The van der Waals surface area contributed by atoms with E-state index in [4.69, 9.17) is 18.9 Å². The van der Waals surface area contributed by atoms with E-state index in [-0.39, 0.29) is 36.2 Å². The van der Waals surface area contributed by atoms with E-state index in [1.54, 1.807) is 12.1 Å². The fraction of sp³-hybridized carbons (Fsp3) is 0.314. The van der Waals surface area contributed by atoms with Gasteiger partial charge in [-0.2, -0.15) is 0 Å². The van der Waals surface area contributed by atoms with Crippen molar-refractivity contribution in [1.82, 2.24) is 0 Å². The van der Waals surface area contributed by atoms with Gasteiger partial charge in [-0.3, -0.25) is 0 Å². The Morgan fingerprint density at radius 1 is 0.578 bits per heavy atom. The Labute approximate surface area is 258 Å². The number of halogens is 4. The number of benzene rings is 4. The molecule has 1 aliphatic carbocycles. The predicted octanol–water partition coefficient (Wildman–Crippen LogP) is 7.54. The molecule has 4 aromatic carbocycles. The minimum Gasteiger partial charge on any atom is -0.493 e. The molecular weight excluding hydrogens is 592 g/mol. The molecule has 238 valence electrons. The van der Waals surface area contributed by atoms with Gasteiger partial charge in [0.05, 0.1) is 14.2 Å². The Balaban J connectivity index is 1.20. The maximum absolute atomic E-state index is 13.6. The Morgan fingerprint density at radius 2 is 1.00 bits per heavy atom. The van der Waals surface area contributed by atoms with E-state index in [1.807, 2.05) is 24.3 Å². The molecule has 1 saturated carbocycles. The highest BCUT2D eigenvalue weighted by molar-refractivity contribution is 5.46. The van der Waals surface area contributed by atoms with Crippen molar-refractivity contribution in [3.63, 3.8) is 0 Å². The third-order valence-electron chi connectivity index (χ3n) is 8.20. The molecule has 5 rings (SSSR count). The van der Waals surface area contributed by atoms with Gasteiger partial charge in [-0.15, -0.1) is 0 Å². The summed E-state index contributed by atoms with van der Waals surface area (Å²) >= 11 is 0. The molecule has 2 unspecified atom stereocenters. The summed E-state index contributed by atoms with van der Waals surface area (Å²) in [5.74, 6) is -1.67. The van der Waals surface area contributed by atoms with Crippen molar-refractivity contribution in [2.45, 2.75) is 43.3 Å². The molecule has 4 atom stereocenters. The molecule has 6 nitrogen and oxygen atoms in total. The van der Waals surface area contributed by atoms with E-state index in [0.29, 0.717) is 23.0 Å². The molecule has 0 heterocycles. The fourth-order valence-electron chi connectivity index (χ4n) is 5.67. The van der Waals surface area contributed by atoms with Crippen LogP contribution in [0.15, 0.2) is 72.8 Å². The second kappa shape index (κ2) is 14.2. The number of aliphatic hydroxyl groups excluding tert-OH is 2. The molecule has 2 N–H and O–H groups in total. The van der Waals surface area contributed by atoms with E-state index in [2.05, 4.69) is 0 Å². The largest absolute Gasteiger partial charge is 0.493 e. The maximum atomic E-state index is 13.6. The molecule has 0 spiro atoms. The normalized spacial score (nSPS) is 17.5. The maximum Gasteiger partial charge on any atom is 0.161 e. The average molecular weight is 627 g/mol. The Bertz CT molecular complexity index is 1510. The quantitative estimate of drug-likeness (QED) is 0.158. The van der Waals surface area contributed by atoms with Gasteiger partial charge < -0.3 is 29.2 Å². The van der Waals surface area contributed by atoms with Gasteiger partial charge in [-0.05, 0) is 102 Å². The average Bonchev–Trinajstić information content (AvgIpc) is 3.55. The van der Waals surface area contributed by atoms with Gasteiger partial charge in [0.2, 0.25) is 0 Å². The van der Waals surface area contributed by atoms with Crippen LogP contribution in [0.25, 0.3) is 0 Å². The van der Waals surface area contributed by atoms with Crippen LogP contribution in [0.2, 0.25) is 0 Å². The zero-order chi connectivity index (χ0) is 32.1.